The molecule has 256 valence electrons. The number of rotatable bonds is 11. The summed E-state index contributed by atoms with van der Waals surface area (Å²) in [5.41, 5.74) is -0.330. The molecule has 3 aromatic rings. The number of thiophene rings is 1. The third kappa shape index (κ3) is 8.42. The van der Waals surface area contributed by atoms with Gasteiger partial charge in [-0.2, -0.15) is 13.2 Å². The number of hydrogen-bond acceptors (Lipinski definition) is 10. The van der Waals surface area contributed by atoms with Crippen LogP contribution in [0.2, 0.25) is 0 Å². The van der Waals surface area contributed by atoms with Crippen LogP contribution in [0, 0.1) is 11.3 Å². The molecule has 1 N–H and O–H groups in total. The molecule has 47 heavy (non-hydrogen) atoms. The van der Waals surface area contributed by atoms with Crippen molar-refractivity contribution in [2.24, 2.45) is 11.3 Å². The standard InChI is InChI=1S/C32H38F3N3O7S2/c1-7-45-29(40)27-20-12-11-19(31(2,3)4)16-24(20)46-28(27)38-26(39)9-8-14-47(41,42)30-36-21(17-25(37-30)32(33,34)35)18-10-13-22(43-5)23(15-18)44-6/h10,13,15,17,19H,7-9,11-12,14,16H2,1-6H3,(H,38,39)/t19-/m1/s1. The SMILES string of the molecule is CCOC(=O)c1c(NC(=O)CCCS(=O)(=O)c2nc(-c3ccc(OC)c(OC)c3)cc(C(F)(F)F)n2)sc2c1CC[C@@H](C(C)(C)C)C2. The van der Waals surface area contributed by atoms with Crippen LogP contribution in [0.15, 0.2) is 29.4 Å². The van der Waals surface area contributed by atoms with E-state index in [1.54, 1.807) is 6.92 Å². The zero-order valence-corrected chi connectivity index (χ0v) is 28.7. The van der Waals surface area contributed by atoms with Crippen LogP contribution in [0.4, 0.5) is 18.2 Å². The highest BCUT2D eigenvalue weighted by atomic mass is 32.2. The molecule has 15 heteroatoms. The zero-order valence-electron chi connectivity index (χ0n) is 27.0. The van der Waals surface area contributed by atoms with Gasteiger partial charge in [0.25, 0.3) is 0 Å². The first-order chi connectivity index (χ1) is 22.0. The van der Waals surface area contributed by atoms with Crippen LogP contribution in [0.5, 0.6) is 11.5 Å². The van der Waals surface area contributed by atoms with E-state index in [4.69, 9.17) is 14.2 Å². The zero-order chi connectivity index (χ0) is 34.7. The van der Waals surface area contributed by atoms with Gasteiger partial charge in [0.05, 0.1) is 37.8 Å². The molecule has 10 nitrogen and oxygen atoms in total. The van der Waals surface area contributed by atoms with Crippen molar-refractivity contribution in [2.45, 2.75) is 71.1 Å². The predicted molar refractivity (Wildman–Crippen MR) is 171 cm³/mol. The lowest BCUT2D eigenvalue weighted by Crippen LogP contribution is -2.26. The molecule has 2 heterocycles. The molecule has 0 radical (unpaired) electrons. The molecular weight excluding hydrogens is 659 g/mol. The summed E-state index contributed by atoms with van der Waals surface area (Å²) in [6.45, 7) is 8.35. The quantitative estimate of drug-likeness (QED) is 0.170. The Hall–Kier alpha value is -3.72. The van der Waals surface area contributed by atoms with Gasteiger partial charge in [-0.15, -0.1) is 11.3 Å². The van der Waals surface area contributed by atoms with Crippen molar-refractivity contribution < 1.29 is 45.4 Å². The third-order valence-corrected chi connectivity index (χ3v) is 10.7. The van der Waals surface area contributed by atoms with Crippen LogP contribution < -0.4 is 14.8 Å². The topological polar surface area (TPSA) is 134 Å². The van der Waals surface area contributed by atoms with Crippen LogP contribution in [0.1, 0.15) is 73.4 Å². The molecule has 0 aliphatic heterocycles. The van der Waals surface area contributed by atoms with Gasteiger partial charge in [-0.1, -0.05) is 20.8 Å². The van der Waals surface area contributed by atoms with E-state index in [-0.39, 0.29) is 41.9 Å². The number of benzene rings is 1. The van der Waals surface area contributed by atoms with E-state index in [1.165, 1.54) is 43.8 Å². The molecule has 4 rings (SSSR count). The number of nitrogens with one attached hydrogen (secondary N) is 1. The molecular formula is C32H38F3N3O7S2. The number of fused-ring (bicyclic) bond motifs is 1. The van der Waals surface area contributed by atoms with E-state index < -0.39 is 44.5 Å². The Kier molecular flexibility index (Phi) is 10.9. The lowest BCUT2D eigenvalue weighted by atomic mass is 9.72. The van der Waals surface area contributed by atoms with E-state index in [0.29, 0.717) is 34.7 Å². The van der Waals surface area contributed by atoms with Gasteiger partial charge < -0.3 is 19.5 Å². The number of ether oxygens (including phenoxy) is 3. The van der Waals surface area contributed by atoms with Crippen molar-refractivity contribution in [3.05, 3.63) is 46.0 Å². The van der Waals surface area contributed by atoms with Gasteiger partial charge in [-0.05, 0) is 73.8 Å². The number of anilines is 1. The number of esters is 1. The number of alkyl halides is 3. The minimum atomic E-state index is -4.96. The minimum absolute atomic E-state index is 0.0618. The van der Waals surface area contributed by atoms with Gasteiger partial charge in [-0.25, -0.2) is 23.2 Å². The Labute approximate surface area is 276 Å². The summed E-state index contributed by atoms with van der Waals surface area (Å²) in [6, 6.07) is 4.90. The van der Waals surface area contributed by atoms with Crippen molar-refractivity contribution in [3.8, 4) is 22.8 Å². The molecule has 0 bridgehead atoms. The molecule has 0 saturated carbocycles. The maximum absolute atomic E-state index is 13.8. The maximum atomic E-state index is 13.8. The van der Waals surface area contributed by atoms with E-state index >= 15 is 0 Å². The molecule has 0 unspecified atom stereocenters. The van der Waals surface area contributed by atoms with Crippen molar-refractivity contribution >= 4 is 38.1 Å². The van der Waals surface area contributed by atoms with Gasteiger partial charge in [0.15, 0.2) is 11.5 Å². The second-order valence-electron chi connectivity index (χ2n) is 12.2. The van der Waals surface area contributed by atoms with E-state index in [0.717, 1.165) is 23.3 Å². The fraction of sp³-hybridized carbons (Fsp3) is 0.500. The number of hydrogen-bond donors (Lipinski definition) is 1. The Bertz CT molecular complexity index is 1750. The van der Waals surface area contributed by atoms with Gasteiger partial charge in [0.1, 0.15) is 10.7 Å². The molecule has 0 spiro atoms. The Balaban J connectivity index is 1.53. The predicted octanol–water partition coefficient (Wildman–Crippen LogP) is 6.76. The molecule has 1 atom stereocenters. The summed E-state index contributed by atoms with van der Waals surface area (Å²) in [6.07, 6.45) is -3.16. The van der Waals surface area contributed by atoms with Crippen molar-refractivity contribution in [3.63, 3.8) is 0 Å². The fourth-order valence-corrected chi connectivity index (χ4v) is 7.90. The molecule has 1 aliphatic carbocycles. The van der Waals surface area contributed by atoms with Crippen molar-refractivity contribution in [2.75, 3.05) is 31.9 Å². The number of nitrogens with zero attached hydrogens (tertiary/aromatic N) is 2. The first-order valence-corrected chi connectivity index (χ1v) is 17.5. The smallest absolute Gasteiger partial charge is 0.433 e. The van der Waals surface area contributed by atoms with Gasteiger partial charge in [0.2, 0.25) is 20.9 Å². The van der Waals surface area contributed by atoms with Crippen molar-refractivity contribution in [1.82, 2.24) is 9.97 Å². The van der Waals surface area contributed by atoms with Gasteiger partial charge in [-0.3, -0.25) is 4.79 Å². The largest absolute Gasteiger partial charge is 0.493 e. The van der Waals surface area contributed by atoms with Gasteiger partial charge >= 0.3 is 12.1 Å². The number of amides is 1. The molecule has 0 saturated heterocycles. The Morgan fingerprint density at radius 3 is 2.38 bits per heavy atom. The highest BCUT2D eigenvalue weighted by Gasteiger charge is 2.36. The summed E-state index contributed by atoms with van der Waals surface area (Å²) in [5.74, 6) is -0.857. The average molecular weight is 698 g/mol. The van der Waals surface area contributed by atoms with Crippen molar-refractivity contribution in [1.29, 1.82) is 0 Å². The molecule has 2 aromatic heterocycles. The fourth-order valence-electron chi connectivity index (χ4n) is 5.39. The van der Waals surface area contributed by atoms with E-state index in [9.17, 15) is 31.2 Å². The lowest BCUT2D eigenvalue weighted by molar-refractivity contribution is -0.141. The highest BCUT2D eigenvalue weighted by molar-refractivity contribution is 7.91. The van der Waals surface area contributed by atoms with Crippen LogP contribution in [-0.4, -0.2) is 56.8 Å². The van der Waals surface area contributed by atoms with Crippen LogP contribution in [0.25, 0.3) is 11.3 Å². The number of methoxy groups -OCH3 is 2. The van der Waals surface area contributed by atoms with Crippen LogP contribution in [-0.2, 0) is 38.4 Å². The first-order valence-electron chi connectivity index (χ1n) is 15.0. The Morgan fingerprint density at radius 1 is 1.06 bits per heavy atom. The van der Waals surface area contributed by atoms with E-state index in [1.807, 2.05) is 0 Å². The minimum Gasteiger partial charge on any atom is -0.493 e. The maximum Gasteiger partial charge on any atom is 0.433 e. The van der Waals surface area contributed by atoms with Crippen LogP contribution >= 0.6 is 11.3 Å². The average Bonchev–Trinajstić information content (AvgIpc) is 3.36. The molecule has 0 fully saturated rings. The summed E-state index contributed by atoms with van der Waals surface area (Å²) < 4.78 is 83.3. The number of sulfone groups is 1. The number of halogens is 3. The second kappa shape index (κ2) is 14.2. The number of aromatic nitrogens is 2. The number of carbonyl (C=O) groups is 2. The first kappa shape index (κ1) is 36.1. The third-order valence-electron chi connectivity index (χ3n) is 7.99. The molecule has 1 aliphatic rings. The summed E-state index contributed by atoms with van der Waals surface area (Å²) in [5, 5.41) is 2.08. The summed E-state index contributed by atoms with van der Waals surface area (Å²) in [7, 11) is -1.71. The lowest BCUT2D eigenvalue weighted by Gasteiger charge is -2.33. The van der Waals surface area contributed by atoms with Gasteiger partial charge in [0, 0.05) is 16.9 Å². The molecule has 1 aromatic carbocycles. The monoisotopic (exact) mass is 697 g/mol. The Morgan fingerprint density at radius 2 is 1.77 bits per heavy atom. The number of carbonyl (C=O) groups excluding carboxylic acids is 2. The van der Waals surface area contributed by atoms with Crippen LogP contribution in [0.3, 0.4) is 0 Å². The molecule has 1 amide bonds. The van der Waals surface area contributed by atoms with E-state index in [2.05, 4.69) is 36.1 Å². The summed E-state index contributed by atoms with van der Waals surface area (Å²) >= 11 is 1.31. The second-order valence-corrected chi connectivity index (χ2v) is 15.3. The summed E-state index contributed by atoms with van der Waals surface area (Å²) in [4.78, 5) is 34.2. The highest BCUT2D eigenvalue weighted by Crippen LogP contribution is 2.44. The normalized spacial score (nSPS) is 15.1.